The Kier molecular flexibility index (Phi) is 5.60. The molecule has 0 saturated carbocycles. The zero-order valence-corrected chi connectivity index (χ0v) is 17.0. The number of aromatic nitrogens is 2. The van der Waals surface area contributed by atoms with Crippen LogP contribution in [0.1, 0.15) is 32.2 Å². The van der Waals surface area contributed by atoms with Gasteiger partial charge in [-0.15, -0.1) is 11.3 Å². The number of nitrogens with zero attached hydrogens (tertiary/aromatic N) is 2. The fourth-order valence-electron chi connectivity index (χ4n) is 2.80. The summed E-state index contributed by atoms with van der Waals surface area (Å²) < 4.78 is 5.19. The van der Waals surface area contributed by atoms with Gasteiger partial charge in [-0.3, -0.25) is 9.59 Å². The standard InChI is InChI=1S/C20H21N3O4S/c1-11-5-7-14(8-6-11)9-23(4)15(24)10-27-20(26)17-12(2)16-18(25)21-13(3)22-19(16)28-17/h5-8H,9-10H2,1-4H3,(H,21,22,25). The van der Waals surface area contributed by atoms with Gasteiger partial charge >= 0.3 is 5.97 Å². The summed E-state index contributed by atoms with van der Waals surface area (Å²) in [6, 6.07) is 7.88. The summed E-state index contributed by atoms with van der Waals surface area (Å²) in [4.78, 5) is 46.0. The van der Waals surface area contributed by atoms with Crippen molar-refractivity contribution in [2.45, 2.75) is 27.3 Å². The summed E-state index contributed by atoms with van der Waals surface area (Å²) in [6.45, 7) is 5.41. The maximum Gasteiger partial charge on any atom is 0.349 e. The van der Waals surface area contributed by atoms with Gasteiger partial charge in [-0.05, 0) is 31.9 Å². The second-order valence-electron chi connectivity index (χ2n) is 6.70. The summed E-state index contributed by atoms with van der Waals surface area (Å²) >= 11 is 1.09. The number of esters is 1. The fourth-order valence-corrected chi connectivity index (χ4v) is 3.93. The van der Waals surface area contributed by atoms with E-state index in [1.807, 2.05) is 31.2 Å². The van der Waals surface area contributed by atoms with Crippen LogP contribution in [0.5, 0.6) is 0 Å². The second kappa shape index (κ2) is 7.93. The minimum atomic E-state index is -0.630. The lowest BCUT2D eigenvalue weighted by molar-refractivity contribution is -0.133. The van der Waals surface area contributed by atoms with Crippen LogP contribution in [0.25, 0.3) is 10.2 Å². The van der Waals surface area contributed by atoms with Crippen LogP contribution < -0.4 is 5.56 Å². The Labute approximate surface area is 166 Å². The Balaban J connectivity index is 1.66. The SMILES string of the molecule is Cc1ccc(CN(C)C(=O)COC(=O)c2sc3nc(C)[nH]c(=O)c3c2C)cc1. The lowest BCUT2D eigenvalue weighted by Gasteiger charge is -2.17. The number of nitrogens with one attached hydrogen (secondary N) is 1. The molecule has 3 aromatic rings. The molecule has 2 aromatic heterocycles. The van der Waals surface area contributed by atoms with E-state index in [1.54, 1.807) is 20.9 Å². The molecule has 0 radical (unpaired) electrons. The molecule has 0 atom stereocenters. The fraction of sp³-hybridized carbons (Fsp3) is 0.300. The Morgan fingerprint density at radius 1 is 1.18 bits per heavy atom. The molecule has 1 N–H and O–H groups in total. The minimum absolute atomic E-state index is 0.285. The van der Waals surface area contributed by atoms with Crippen molar-refractivity contribution < 1.29 is 14.3 Å². The molecule has 7 nitrogen and oxygen atoms in total. The first-order valence-corrected chi connectivity index (χ1v) is 9.54. The third-order valence-corrected chi connectivity index (χ3v) is 5.56. The van der Waals surface area contributed by atoms with Crippen molar-refractivity contribution in [2.75, 3.05) is 13.7 Å². The molecule has 28 heavy (non-hydrogen) atoms. The molecule has 1 amide bonds. The van der Waals surface area contributed by atoms with Crippen molar-refractivity contribution in [3.8, 4) is 0 Å². The molecular weight excluding hydrogens is 378 g/mol. The molecule has 0 aliphatic rings. The summed E-state index contributed by atoms with van der Waals surface area (Å²) in [5.74, 6) is -0.458. The molecule has 2 heterocycles. The van der Waals surface area contributed by atoms with Crippen LogP contribution in [-0.2, 0) is 16.1 Å². The van der Waals surface area contributed by atoms with Crippen LogP contribution in [-0.4, -0.2) is 40.4 Å². The van der Waals surface area contributed by atoms with Crippen molar-refractivity contribution >= 4 is 33.4 Å². The number of aryl methyl sites for hydroxylation is 3. The van der Waals surface area contributed by atoms with Crippen LogP contribution >= 0.6 is 11.3 Å². The molecule has 1 aromatic carbocycles. The van der Waals surface area contributed by atoms with Crippen molar-refractivity contribution in [3.05, 3.63) is 62.0 Å². The molecular formula is C20H21N3O4S. The van der Waals surface area contributed by atoms with E-state index in [4.69, 9.17) is 4.74 Å². The van der Waals surface area contributed by atoms with E-state index in [2.05, 4.69) is 9.97 Å². The normalized spacial score (nSPS) is 10.9. The topological polar surface area (TPSA) is 92.4 Å². The highest BCUT2D eigenvalue weighted by atomic mass is 32.1. The number of carbonyl (C=O) groups excluding carboxylic acids is 2. The highest BCUT2D eigenvalue weighted by Crippen LogP contribution is 2.27. The summed E-state index contributed by atoms with van der Waals surface area (Å²) in [7, 11) is 1.66. The van der Waals surface area contributed by atoms with E-state index in [0.717, 1.165) is 22.5 Å². The maximum atomic E-state index is 12.4. The number of amides is 1. The predicted molar refractivity (Wildman–Crippen MR) is 108 cm³/mol. The zero-order chi connectivity index (χ0) is 20.4. The highest BCUT2D eigenvalue weighted by Gasteiger charge is 2.21. The molecule has 0 bridgehead atoms. The number of benzene rings is 1. The lowest BCUT2D eigenvalue weighted by atomic mass is 10.1. The maximum absolute atomic E-state index is 12.4. The molecule has 0 unspecified atom stereocenters. The van der Waals surface area contributed by atoms with Gasteiger partial charge in [0.05, 0.1) is 5.39 Å². The van der Waals surface area contributed by atoms with Crippen molar-refractivity contribution in [2.24, 2.45) is 0 Å². The van der Waals surface area contributed by atoms with Gasteiger partial charge in [-0.2, -0.15) is 0 Å². The average molecular weight is 399 g/mol. The van der Waals surface area contributed by atoms with Crippen LogP contribution in [0.2, 0.25) is 0 Å². The van der Waals surface area contributed by atoms with Gasteiger partial charge in [-0.1, -0.05) is 29.8 Å². The number of hydrogen-bond donors (Lipinski definition) is 1. The number of aromatic amines is 1. The van der Waals surface area contributed by atoms with E-state index in [9.17, 15) is 14.4 Å². The highest BCUT2D eigenvalue weighted by molar-refractivity contribution is 7.20. The van der Waals surface area contributed by atoms with Gasteiger partial charge in [0.15, 0.2) is 6.61 Å². The smallest absolute Gasteiger partial charge is 0.349 e. The molecule has 8 heteroatoms. The number of fused-ring (bicyclic) bond motifs is 1. The third kappa shape index (κ3) is 4.12. The number of H-pyrrole nitrogens is 1. The Morgan fingerprint density at radius 2 is 1.86 bits per heavy atom. The predicted octanol–water partition coefficient (Wildman–Crippen LogP) is 2.73. The monoisotopic (exact) mass is 399 g/mol. The summed E-state index contributed by atoms with van der Waals surface area (Å²) in [6.07, 6.45) is 0. The zero-order valence-electron chi connectivity index (χ0n) is 16.2. The summed E-state index contributed by atoms with van der Waals surface area (Å²) in [5, 5.41) is 0.380. The molecule has 0 aliphatic carbocycles. The van der Waals surface area contributed by atoms with E-state index in [1.165, 1.54) is 4.90 Å². The van der Waals surface area contributed by atoms with Gasteiger partial charge in [-0.25, -0.2) is 9.78 Å². The largest absolute Gasteiger partial charge is 0.451 e. The van der Waals surface area contributed by atoms with Crippen molar-refractivity contribution in [1.82, 2.24) is 14.9 Å². The minimum Gasteiger partial charge on any atom is -0.451 e. The number of hydrogen-bond acceptors (Lipinski definition) is 6. The lowest BCUT2D eigenvalue weighted by Crippen LogP contribution is -2.30. The number of carbonyl (C=O) groups is 2. The first kappa shape index (κ1) is 19.8. The summed E-state index contributed by atoms with van der Waals surface area (Å²) in [5.41, 5.74) is 2.37. The van der Waals surface area contributed by atoms with Gasteiger partial charge in [0.2, 0.25) is 0 Å². The third-order valence-electron chi connectivity index (χ3n) is 4.40. The van der Waals surface area contributed by atoms with Crippen LogP contribution in [0.15, 0.2) is 29.1 Å². The van der Waals surface area contributed by atoms with Gasteiger partial charge in [0, 0.05) is 13.6 Å². The number of thiophene rings is 1. The quantitative estimate of drug-likeness (QED) is 0.666. The number of rotatable bonds is 5. The van der Waals surface area contributed by atoms with Gasteiger partial charge in [0.25, 0.3) is 11.5 Å². The molecule has 3 rings (SSSR count). The second-order valence-corrected chi connectivity index (χ2v) is 7.70. The number of likely N-dealkylation sites (N-methyl/N-ethyl adjacent to an activating group) is 1. The van der Waals surface area contributed by atoms with E-state index in [-0.39, 0.29) is 23.0 Å². The first-order valence-electron chi connectivity index (χ1n) is 8.73. The molecule has 146 valence electrons. The van der Waals surface area contributed by atoms with Crippen molar-refractivity contribution in [3.63, 3.8) is 0 Å². The molecule has 0 saturated heterocycles. The van der Waals surface area contributed by atoms with Crippen molar-refractivity contribution in [1.29, 1.82) is 0 Å². The van der Waals surface area contributed by atoms with Crippen LogP contribution in [0, 0.1) is 20.8 Å². The molecule has 0 spiro atoms. The Hall–Kier alpha value is -3.00. The van der Waals surface area contributed by atoms with E-state index >= 15 is 0 Å². The van der Waals surface area contributed by atoms with Crippen LogP contribution in [0.4, 0.5) is 0 Å². The average Bonchev–Trinajstić information content (AvgIpc) is 2.97. The van der Waals surface area contributed by atoms with Gasteiger partial charge in [0.1, 0.15) is 15.5 Å². The van der Waals surface area contributed by atoms with Gasteiger partial charge < -0.3 is 14.6 Å². The van der Waals surface area contributed by atoms with E-state index in [0.29, 0.717) is 28.1 Å². The number of ether oxygens (including phenoxy) is 1. The Morgan fingerprint density at radius 3 is 2.54 bits per heavy atom. The van der Waals surface area contributed by atoms with Crippen LogP contribution in [0.3, 0.4) is 0 Å². The molecule has 0 aliphatic heterocycles. The Bertz CT molecular complexity index is 1100. The molecule has 0 fully saturated rings. The first-order chi connectivity index (χ1) is 13.3. The van der Waals surface area contributed by atoms with E-state index < -0.39 is 5.97 Å².